The fourth-order valence-electron chi connectivity index (χ4n) is 0.240. The predicted octanol–water partition coefficient (Wildman–Crippen LogP) is -0.859. The molecule has 0 atom stereocenters. The minimum Gasteiger partial charge on any atom is -0.405 e. The molecule has 6 heteroatoms. The first-order valence-electron chi connectivity index (χ1n) is 2.23. The molecule has 0 aromatic rings. The van der Waals surface area contributed by atoms with Crippen molar-refractivity contribution in [3.63, 3.8) is 0 Å². The lowest BCUT2D eigenvalue weighted by Crippen LogP contribution is -2.08. The first-order valence-corrected chi connectivity index (χ1v) is 3.85. The Morgan fingerprint density at radius 2 is 2.22 bits per heavy atom. The maximum absolute atomic E-state index is 10.0. The van der Waals surface area contributed by atoms with E-state index in [1.54, 1.807) is 0 Å². The third-order valence-electron chi connectivity index (χ3n) is 0.551. The van der Waals surface area contributed by atoms with Crippen LogP contribution < -0.4 is 10.8 Å². The summed E-state index contributed by atoms with van der Waals surface area (Å²) >= 11 is 0. The minimum absolute atomic E-state index is 0.0841. The topological polar surface area (TPSA) is 95.6 Å². The van der Waals surface area contributed by atoms with Crippen molar-refractivity contribution in [2.75, 3.05) is 6.54 Å². The molecule has 5 nitrogen and oxygen atoms in total. The van der Waals surface area contributed by atoms with Crippen LogP contribution in [0, 0.1) is 0 Å². The molecule has 0 saturated heterocycles. The molecule has 0 aliphatic carbocycles. The van der Waals surface area contributed by atoms with Crippen LogP contribution in [0.2, 0.25) is 0 Å². The molecule has 0 heterocycles. The van der Waals surface area contributed by atoms with Gasteiger partial charge in [0.05, 0.1) is 0 Å². The lowest BCUT2D eigenvalue weighted by Gasteiger charge is -2.00. The van der Waals surface area contributed by atoms with Crippen LogP contribution in [0.5, 0.6) is 0 Å². The molecule has 0 aromatic heterocycles. The SMILES string of the molecule is NC=CCNP(=O)(O)O. The van der Waals surface area contributed by atoms with E-state index in [2.05, 4.69) is 0 Å². The van der Waals surface area contributed by atoms with Gasteiger partial charge in [0.1, 0.15) is 0 Å². The normalized spacial score (nSPS) is 12.7. The third-order valence-corrected chi connectivity index (χ3v) is 1.15. The molecule has 9 heavy (non-hydrogen) atoms. The molecule has 0 bridgehead atoms. The summed E-state index contributed by atoms with van der Waals surface area (Å²) in [7, 11) is -4.05. The Bertz CT molecular complexity index is 140. The Balaban J connectivity index is 3.40. The van der Waals surface area contributed by atoms with Crippen molar-refractivity contribution in [3.8, 4) is 0 Å². The highest BCUT2D eigenvalue weighted by Crippen LogP contribution is 2.26. The molecule has 5 N–H and O–H groups in total. The van der Waals surface area contributed by atoms with Gasteiger partial charge in [0, 0.05) is 6.54 Å². The van der Waals surface area contributed by atoms with E-state index in [4.69, 9.17) is 15.5 Å². The van der Waals surface area contributed by atoms with E-state index in [1.807, 2.05) is 5.09 Å². The van der Waals surface area contributed by atoms with Crippen LogP contribution >= 0.6 is 7.75 Å². The van der Waals surface area contributed by atoms with Gasteiger partial charge >= 0.3 is 7.75 Å². The highest BCUT2D eigenvalue weighted by atomic mass is 31.2. The summed E-state index contributed by atoms with van der Waals surface area (Å²) in [6.07, 6.45) is 2.61. The molecule has 0 radical (unpaired) electrons. The van der Waals surface area contributed by atoms with Gasteiger partial charge < -0.3 is 15.5 Å². The number of hydrogen-bond donors (Lipinski definition) is 4. The smallest absolute Gasteiger partial charge is 0.400 e. The Kier molecular flexibility index (Phi) is 3.49. The van der Waals surface area contributed by atoms with Gasteiger partial charge in [-0.15, -0.1) is 0 Å². The number of nitrogens with two attached hydrogens (primary N) is 1. The Morgan fingerprint density at radius 3 is 2.56 bits per heavy atom. The first-order chi connectivity index (χ1) is 4.06. The summed E-state index contributed by atoms with van der Waals surface area (Å²) in [6, 6.07) is 0. The average molecular weight is 152 g/mol. The van der Waals surface area contributed by atoms with Gasteiger partial charge in [0.25, 0.3) is 0 Å². The number of hydrogen-bond acceptors (Lipinski definition) is 2. The Morgan fingerprint density at radius 1 is 1.67 bits per heavy atom. The van der Waals surface area contributed by atoms with Crippen LogP contribution in [0.1, 0.15) is 0 Å². The quantitative estimate of drug-likeness (QED) is 0.395. The lowest BCUT2D eigenvalue weighted by atomic mass is 10.6. The van der Waals surface area contributed by atoms with Gasteiger partial charge in [-0.05, 0) is 6.20 Å². The minimum atomic E-state index is -4.05. The highest BCUT2D eigenvalue weighted by Gasteiger charge is 2.07. The fourth-order valence-corrected chi connectivity index (χ4v) is 0.583. The molecule has 0 amide bonds. The number of rotatable bonds is 3. The van der Waals surface area contributed by atoms with E-state index in [1.165, 1.54) is 12.3 Å². The average Bonchev–Trinajstić information content (AvgIpc) is 1.63. The van der Waals surface area contributed by atoms with Crippen LogP contribution in [0.15, 0.2) is 12.3 Å². The van der Waals surface area contributed by atoms with Crippen LogP contribution in [0.3, 0.4) is 0 Å². The van der Waals surface area contributed by atoms with Crippen LogP contribution in [-0.4, -0.2) is 16.3 Å². The lowest BCUT2D eigenvalue weighted by molar-refractivity contribution is 0.360. The molecule has 0 aliphatic rings. The molecule has 0 rings (SSSR count). The van der Waals surface area contributed by atoms with E-state index in [9.17, 15) is 4.57 Å². The van der Waals surface area contributed by atoms with Crippen LogP contribution in [0.25, 0.3) is 0 Å². The molecule has 54 valence electrons. The fraction of sp³-hybridized carbons (Fsp3) is 0.333. The summed E-state index contributed by atoms with van der Waals surface area (Å²) in [5.74, 6) is 0. The van der Waals surface area contributed by atoms with E-state index in [0.29, 0.717) is 0 Å². The monoisotopic (exact) mass is 152 g/mol. The largest absolute Gasteiger partial charge is 0.405 e. The summed E-state index contributed by atoms with van der Waals surface area (Å²) in [4.78, 5) is 16.3. The summed E-state index contributed by atoms with van der Waals surface area (Å²) in [5.41, 5.74) is 4.88. The van der Waals surface area contributed by atoms with Gasteiger partial charge in [0.2, 0.25) is 0 Å². The molecular formula is C3H9N2O3P. The van der Waals surface area contributed by atoms with Crippen molar-refractivity contribution in [2.24, 2.45) is 5.73 Å². The van der Waals surface area contributed by atoms with Crippen molar-refractivity contribution in [2.45, 2.75) is 0 Å². The van der Waals surface area contributed by atoms with E-state index >= 15 is 0 Å². The molecule has 0 aromatic carbocycles. The maximum Gasteiger partial charge on any atom is 0.400 e. The van der Waals surface area contributed by atoms with Gasteiger partial charge in [-0.2, -0.15) is 0 Å². The summed E-state index contributed by atoms with van der Waals surface area (Å²) in [5, 5.41) is 1.92. The van der Waals surface area contributed by atoms with Gasteiger partial charge in [-0.1, -0.05) is 6.08 Å². The molecule has 0 saturated carbocycles. The second-order valence-electron chi connectivity index (χ2n) is 1.33. The van der Waals surface area contributed by atoms with Crippen LogP contribution in [0.4, 0.5) is 0 Å². The van der Waals surface area contributed by atoms with E-state index in [-0.39, 0.29) is 6.54 Å². The molecule has 0 fully saturated rings. The molecule has 0 unspecified atom stereocenters. The number of nitrogens with one attached hydrogen (secondary N) is 1. The van der Waals surface area contributed by atoms with Crippen molar-refractivity contribution in [1.29, 1.82) is 0 Å². The second-order valence-corrected chi connectivity index (χ2v) is 2.74. The van der Waals surface area contributed by atoms with E-state index in [0.717, 1.165) is 0 Å². The second kappa shape index (κ2) is 3.63. The Hall–Kier alpha value is -0.350. The van der Waals surface area contributed by atoms with Crippen molar-refractivity contribution >= 4 is 7.75 Å². The third kappa shape index (κ3) is 7.65. The molecular weight excluding hydrogens is 143 g/mol. The van der Waals surface area contributed by atoms with Gasteiger partial charge in [-0.25, -0.2) is 9.65 Å². The molecule has 0 spiro atoms. The summed E-state index contributed by atoms with van der Waals surface area (Å²) in [6.45, 7) is 0.0841. The van der Waals surface area contributed by atoms with Crippen LogP contribution in [-0.2, 0) is 4.57 Å². The zero-order valence-electron chi connectivity index (χ0n) is 4.69. The summed E-state index contributed by atoms with van der Waals surface area (Å²) < 4.78 is 10.0. The zero-order chi connectivity index (χ0) is 7.33. The van der Waals surface area contributed by atoms with Crippen molar-refractivity contribution < 1.29 is 14.4 Å². The maximum atomic E-state index is 10.0. The van der Waals surface area contributed by atoms with Gasteiger partial charge in [0.15, 0.2) is 0 Å². The van der Waals surface area contributed by atoms with Gasteiger partial charge in [-0.3, -0.25) is 0 Å². The van der Waals surface area contributed by atoms with Crippen molar-refractivity contribution in [1.82, 2.24) is 5.09 Å². The standard InChI is InChI=1S/C3H9N2O3P/c4-2-1-3-5-9(6,7)8/h1-2H,3-4H2,(H3,5,6,7,8). The first kappa shape index (κ1) is 8.65. The van der Waals surface area contributed by atoms with Crippen molar-refractivity contribution in [3.05, 3.63) is 12.3 Å². The Labute approximate surface area is 52.8 Å². The van der Waals surface area contributed by atoms with E-state index < -0.39 is 7.75 Å². The predicted molar refractivity (Wildman–Crippen MR) is 33.4 cm³/mol. The molecule has 0 aliphatic heterocycles. The highest BCUT2D eigenvalue weighted by molar-refractivity contribution is 7.49. The zero-order valence-corrected chi connectivity index (χ0v) is 5.58.